The Hall–Kier alpha value is -0.830. The summed E-state index contributed by atoms with van der Waals surface area (Å²) in [6.45, 7) is 2.10. The van der Waals surface area contributed by atoms with Crippen LogP contribution < -0.4 is 5.73 Å². The molecule has 2 saturated carbocycles. The summed E-state index contributed by atoms with van der Waals surface area (Å²) in [6.07, 6.45) is 7.07. The average molecular weight is 191 g/mol. The Morgan fingerprint density at radius 3 is 2.36 bits per heavy atom. The van der Waals surface area contributed by atoms with E-state index in [2.05, 4.69) is 18.2 Å². The summed E-state index contributed by atoms with van der Waals surface area (Å²) in [5, 5.41) is 4.42. The van der Waals surface area contributed by atoms with Gasteiger partial charge in [0.1, 0.15) is 0 Å². The Kier molecular flexibility index (Phi) is 1.34. The van der Waals surface area contributed by atoms with Crippen LogP contribution in [0.2, 0.25) is 0 Å². The summed E-state index contributed by atoms with van der Waals surface area (Å²) in [5.41, 5.74) is 9.34. The molecule has 14 heavy (non-hydrogen) atoms. The maximum Gasteiger partial charge on any atom is 0.0631 e. The molecule has 0 saturated heterocycles. The number of aromatic nitrogens is 2. The fourth-order valence-corrected chi connectivity index (χ4v) is 2.84. The number of aryl methyl sites for hydroxylation is 2. The van der Waals surface area contributed by atoms with E-state index in [1.54, 1.807) is 0 Å². The van der Waals surface area contributed by atoms with Crippen molar-refractivity contribution < 1.29 is 0 Å². The van der Waals surface area contributed by atoms with Gasteiger partial charge in [0, 0.05) is 29.8 Å². The van der Waals surface area contributed by atoms with Crippen LogP contribution in [0.5, 0.6) is 0 Å². The van der Waals surface area contributed by atoms with Crippen molar-refractivity contribution in [1.82, 2.24) is 9.78 Å². The first-order chi connectivity index (χ1) is 6.57. The monoisotopic (exact) mass is 191 g/mol. The highest BCUT2D eigenvalue weighted by atomic mass is 15.3. The van der Waals surface area contributed by atoms with Crippen LogP contribution in [0, 0.1) is 6.92 Å². The number of nitrogens with two attached hydrogens (primary N) is 1. The zero-order valence-corrected chi connectivity index (χ0v) is 8.88. The third-order valence-electron chi connectivity index (χ3n) is 4.02. The van der Waals surface area contributed by atoms with Crippen LogP contribution in [-0.2, 0) is 12.5 Å². The minimum absolute atomic E-state index is 0.112. The lowest BCUT2D eigenvalue weighted by Crippen LogP contribution is -2.37. The molecule has 2 aliphatic rings. The van der Waals surface area contributed by atoms with Crippen molar-refractivity contribution in [2.45, 2.75) is 43.6 Å². The normalized spacial score (nSPS) is 26.2. The van der Waals surface area contributed by atoms with E-state index in [0.717, 1.165) is 0 Å². The van der Waals surface area contributed by atoms with Crippen LogP contribution >= 0.6 is 0 Å². The Bertz CT molecular complexity index is 383. The summed E-state index contributed by atoms with van der Waals surface area (Å²) in [4.78, 5) is 0. The first-order valence-corrected chi connectivity index (χ1v) is 5.37. The molecule has 1 heterocycles. The second-order valence-electron chi connectivity index (χ2n) is 5.04. The molecule has 0 atom stereocenters. The molecule has 3 heteroatoms. The Morgan fingerprint density at radius 2 is 2.00 bits per heavy atom. The second-order valence-corrected chi connectivity index (χ2v) is 5.04. The van der Waals surface area contributed by atoms with Crippen LogP contribution in [0.25, 0.3) is 0 Å². The van der Waals surface area contributed by atoms with Crippen molar-refractivity contribution in [3.05, 3.63) is 17.5 Å². The number of hydrogen-bond donors (Lipinski definition) is 1. The molecular weight excluding hydrogens is 174 g/mol. The van der Waals surface area contributed by atoms with Gasteiger partial charge in [0.05, 0.1) is 5.69 Å². The molecule has 3 nitrogen and oxygen atoms in total. The summed E-state index contributed by atoms with van der Waals surface area (Å²) in [7, 11) is 1.99. The average Bonchev–Trinajstić information content (AvgIpc) is 2.97. The first-order valence-electron chi connectivity index (χ1n) is 5.37. The van der Waals surface area contributed by atoms with Gasteiger partial charge >= 0.3 is 0 Å². The van der Waals surface area contributed by atoms with Crippen molar-refractivity contribution in [2.24, 2.45) is 12.8 Å². The van der Waals surface area contributed by atoms with E-state index >= 15 is 0 Å². The van der Waals surface area contributed by atoms with Crippen molar-refractivity contribution in [2.75, 3.05) is 0 Å². The molecule has 0 spiro atoms. The topological polar surface area (TPSA) is 43.8 Å². The molecule has 2 aliphatic carbocycles. The van der Waals surface area contributed by atoms with Gasteiger partial charge in [-0.2, -0.15) is 5.10 Å². The van der Waals surface area contributed by atoms with Gasteiger partial charge in [-0.05, 0) is 32.6 Å². The quantitative estimate of drug-likeness (QED) is 0.764. The van der Waals surface area contributed by atoms with E-state index in [1.165, 1.54) is 36.9 Å². The summed E-state index contributed by atoms with van der Waals surface area (Å²) < 4.78 is 1.91. The van der Waals surface area contributed by atoms with Crippen LogP contribution in [0.4, 0.5) is 0 Å². The zero-order valence-electron chi connectivity index (χ0n) is 8.88. The van der Waals surface area contributed by atoms with Crippen molar-refractivity contribution in [3.8, 4) is 0 Å². The van der Waals surface area contributed by atoms with E-state index in [9.17, 15) is 0 Å². The van der Waals surface area contributed by atoms with Gasteiger partial charge in [-0.1, -0.05) is 0 Å². The fraction of sp³-hybridized carbons (Fsp3) is 0.727. The molecule has 0 unspecified atom stereocenters. The summed E-state index contributed by atoms with van der Waals surface area (Å²) in [6, 6.07) is 0. The Morgan fingerprint density at radius 1 is 1.36 bits per heavy atom. The van der Waals surface area contributed by atoms with E-state index in [1.807, 2.05) is 11.7 Å². The maximum atomic E-state index is 6.36. The lowest BCUT2D eigenvalue weighted by molar-refractivity contribution is 0.501. The van der Waals surface area contributed by atoms with Gasteiger partial charge in [-0.3, -0.25) is 4.68 Å². The summed E-state index contributed by atoms with van der Waals surface area (Å²) >= 11 is 0. The highest BCUT2D eigenvalue weighted by Gasteiger charge is 2.64. The van der Waals surface area contributed by atoms with E-state index in [0.29, 0.717) is 5.41 Å². The van der Waals surface area contributed by atoms with Gasteiger partial charge in [0.25, 0.3) is 0 Å². The second kappa shape index (κ2) is 2.22. The molecule has 1 aromatic rings. The van der Waals surface area contributed by atoms with Gasteiger partial charge in [-0.25, -0.2) is 0 Å². The predicted octanol–water partition coefficient (Wildman–Crippen LogP) is 1.25. The Labute approximate surface area is 84.3 Å². The number of rotatable bonds is 2. The van der Waals surface area contributed by atoms with Crippen LogP contribution in [0.15, 0.2) is 6.20 Å². The molecule has 2 N–H and O–H groups in total. The van der Waals surface area contributed by atoms with Crippen LogP contribution in [-0.4, -0.2) is 15.3 Å². The van der Waals surface area contributed by atoms with Crippen LogP contribution in [0.3, 0.4) is 0 Å². The SMILES string of the molecule is Cc1nn(C)cc1C1(C2(N)CC2)CC1. The minimum atomic E-state index is 0.112. The predicted molar refractivity (Wildman–Crippen MR) is 55.0 cm³/mol. The van der Waals surface area contributed by atoms with E-state index < -0.39 is 0 Å². The fourth-order valence-electron chi connectivity index (χ4n) is 2.84. The molecule has 0 amide bonds. The van der Waals surface area contributed by atoms with Gasteiger partial charge in [0.15, 0.2) is 0 Å². The van der Waals surface area contributed by atoms with Gasteiger partial charge in [-0.15, -0.1) is 0 Å². The molecule has 0 aromatic carbocycles. The summed E-state index contributed by atoms with van der Waals surface area (Å²) in [5.74, 6) is 0. The molecule has 3 rings (SSSR count). The molecular formula is C11H17N3. The van der Waals surface area contributed by atoms with Crippen molar-refractivity contribution in [3.63, 3.8) is 0 Å². The minimum Gasteiger partial charge on any atom is -0.324 e. The van der Waals surface area contributed by atoms with E-state index in [-0.39, 0.29) is 5.54 Å². The molecule has 0 aliphatic heterocycles. The molecule has 76 valence electrons. The van der Waals surface area contributed by atoms with Gasteiger partial charge in [0.2, 0.25) is 0 Å². The third kappa shape index (κ3) is 0.883. The lowest BCUT2D eigenvalue weighted by Gasteiger charge is -2.22. The van der Waals surface area contributed by atoms with Crippen LogP contribution in [0.1, 0.15) is 36.9 Å². The molecule has 1 aromatic heterocycles. The van der Waals surface area contributed by atoms with Crippen molar-refractivity contribution in [1.29, 1.82) is 0 Å². The standard InChI is InChI=1S/C11H17N3/c1-8-9(7-14(2)13-8)10(3-4-10)11(12)5-6-11/h7H,3-6,12H2,1-2H3. The van der Waals surface area contributed by atoms with Crippen molar-refractivity contribution >= 4 is 0 Å². The molecule has 2 fully saturated rings. The molecule has 0 radical (unpaired) electrons. The number of hydrogen-bond acceptors (Lipinski definition) is 2. The lowest BCUT2D eigenvalue weighted by atomic mass is 9.87. The number of nitrogens with zero attached hydrogens (tertiary/aromatic N) is 2. The largest absolute Gasteiger partial charge is 0.324 e. The Balaban J connectivity index is 2.06. The highest BCUT2D eigenvalue weighted by Crippen LogP contribution is 2.63. The first kappa shape index (κ1) is 8.48. The molecule has 0 bridgehead atoms. The zero-order chi connectivity index (χ0) is 9.97. The van der Waals surface area contributed by atoms with E-state index in [4.69, 9.17) is 5.73 Å². The third-order valence-corrected chi connectivity index (χ3v) is 4.02. The smallest absolute Gasteiger partial charge is 0.0631 e. The maximum absolute atomic E-state index is 6.36. The van der Waals surface area contributed by atoms with Gasteiger partial charge < -0.3 is 5.73 Å². The highest BCUT2D eigenvalue weighted by molar-refractivity contribution is 5.41.